The first kappa shape index (κ1) is 10.0. The second kappa shape index (κ2) is 4.84. The van der Waals surface area contributed by atoms with Crippen LogP contribution in [0.2, 0.25) is 5.02 Å². The van der Waals surface area contributed by atoms with Crippen molar-refractivity contribution in [1.29, 1.82) is 0 Å². The van der Waals surface area contributed by atoms with Gasteiger partial charge in [-0.1, -0.05) is 55.8 Å². The third kappa shape index (κ3) is 2.75. The molecule has 1 aromatic rings. The SMILES string of the molecule is Clc1[c]ccc(CC2CCCCC2)c1. The van der Waals surface area contributed by atoms with Crippen molar-refractivity contribution in [2.45, 2.75) is 38.5 Å². The van der Waals surface area contributed by atoms with Crippen molar-refractivity contribution >= 4 is 11.6 Å². The number of rotatable bonds is 2. The highest BCUT2D eigenvalue weighted by Crippen LogP contribution is 2.27. The highest BCUT2D eigenvalue weighted by atomic mass is 35.5. The van der Waals surface area contributed by atoms with Gasteiger partial charge in [-0.05, 0) is 24.0 Å². The summed E-state index contributed by atoms with van der Waals surface area (Å²) in [6, 6.07) is 9.10. The van der Waals surface area contributed by atoms with E-state index in [2.05, 4.69) is 18.2 Å². The van der Waals surface area contributed by atoms with Crippen LogP contribution in [0, 0.1) is 12.0 Å². The Bertz CT molecular complexity index is 287. The number of halogens is 1. The van der Waals surface area contributed by atoms with Gasteiger partial charge in [-0.3, -0.25) is 0 Å². The van der Waals surface area contributed by atoms with Crippen molar-refractivity contribution in [2.24, 2.45) is 5.92 Å². The summed E-state index contributed by atoms with van der Waals surface area (Å²) in [5.74, 6) is 0.891. The summed E-state index contributed by atoms with van der Waals surface area (Å²) in [7, 11) is 0. The van der Waals surface area contributed by atoms with E-state index in [1.54, 1.807) is 0 Å². The monoisotopic (exact) mass is 207 g/mol. The molecule has 0 spiro atoms. The molecule has 1 heteroatoms. The van der Waals surface area contributed by atoms with E-state index in [0.29, 0.717) is 0 Å². The number of benzene rings is 1. The Kier molecular flexibility index (Phi) is 3.47. The lowest BCUT2D eigenvalue weighted by Gasteiger charge is -2.21. The average molecular weight is 208 g/mol. The Balaban J connectivity index is 1.95. The Morgan fingerprint density at radius 1 is 1.29 bits per heavy atom. The van der Waals surface area contributed by atoms with Crippen LogP contribution in [-0.2, 0) is 6.42 Å². The summed E-state index contributed by atoms with van der Waals surface area (Å²) in [5, 5.41) is 0.748. The molecule has 14 heavy (non-hydrogen) atoms. The molecule has 0 saturated heterocycles. The van der Waals surface area contributed by atoms with Crippen LogP contribution in [0.4, 0.5) is 0 Å². The Morgan fingerprint density at radius 2 is 2.07 bits per heavy atom. The fourth-order valence-electron chi connectivity index (χ4n) is 2.33. The van der Waals surface area contributed by atoms with Gasteiger partial charge < -0.3 is 0 Å². The summed E-state index contributed by atoms with van der Waals surface area (Å²) in [6.07, 6.45) is 8.26. The average Bonchev–Trinajstić information content (AvgIpc) is 2.19. The molecule has 0 heterocycles. The maximum atomic E-state index is 5.91. The first-order valence-corrected chi connectivity index (χ1v) is 5.88. The van der Waals surface area contributed by atoms with E-state index in [-0.39, 0.29) is 0 Å². The molecule has 1 aliphatic rings. The van der Waals surface area contributed by atoms with E-state index in [9.17, 15) is 0 Å². The molecule has 2 rings (SSSR count). The van der Waals surface area contributed by atoms with Gasteiger partial charge in [0.25, 0.3) is 0 Å². The van der Waals surface area contributed by atoms with Crippen LogP contribution in [0.1, 0.15) is 37.7 Å². The van der Waals surface area contributed by atoms with Crippen LogP contribution in [0.15, 0.2) is 18.2 Å². The van der Waals surface area contributed by atoms with Gasteiger partial charge in [-0.25, -0.2) is 0 Å². The Hall–Kier alpha value is -0.490. The zero-order valence-corrected chi connectivity index (χ0v) is 9.19. The highest BCUT2D eigenvalue weighted by Gasteiger charge is 2.13. The topological polar surface area (TPSA) is 0 Å². The van der Waals surface area contributed by atoms with Gasteiger partial charge in [-0.2, -0.15) is 0 Å². The van der Waals surface area contributed by atoms with Gasteiger partial charge in [-0.15, -0.1) is 0 Å². The molecule has 1 radical (unpaired) electrons. The minimum absolute atomic E-state index is 0.748. The van der Waals surface area contributed by atoms with Crippen LogP contribution in [0.25, 0.3) is 0 Å². The first-order chi connectivity index (χ1) is 6.84. The molecule has 0 aromatic heterocycles. The smallest absolute Gasteiger partial charge is 0.0487 e. The van der Waals surface area contributed by atoms with E-state index in [4.69, 9.17) is 11.6 Å². The highest BCUT2D eigenvalue weighted by molar-refractivity contribution is 6.30. The minimum Gasteiger partial charge on any atom is -0.0837 e. The largest absolute Gasteiger partial charge is 0.0837 e. The lowest BCUT2D eigenvalue weighted by atomic mass is 9.85. The van der Waals surface area contributed by atoms with Crippen LogP contribution < -0.4 is 0 Å². The van der Waals surface area contributed by atoms with Crippen LogP contribution in [0.3, 0.4) is 0 Å². The van der Waals surface area contributed by atoms with E-state index in [0.717, 1.165) is 10.9 Å². The first-order valence-electron chi connectivity index (χ1n) is 5.51. The molecule has 0 unspecified atom stereocenters. The van der Waals surface area contributed by atoms with Crippen molar-refractivity contribution in [3.05, 3.63) is 34.9 Å². The van der Waals surface area contributed by atoms with E-state index < -0.39 is 0 Å². The summed E-state index contributed by atoms with van der Waals surface area (Å²) < 4.78 is 0. The predicted molar refractivity (Wildman–Crippen MR) is 60.6 cm³/mol. The van der Waals surface area contributed by atoms with Crippen molar-refractivity contribution in [3.8, 4) is 0 Å². The van der Waals surface area contributed by atoms with Crippen molar-refractivity contribution in [1.82, 2.24) is 0 Å². The summed E-state index contributed by atoms with van der Waals surface area (Å²) in [4.78, 5) is 0. The second-order valence-corrected chi connectivity index (χ2v) is 4.66. The molecule has 1 fully saturated rings. The number of hydrogen-bond acceptors (Lipinski definition) is 0. The molecular weight excluding hydrogens is 192 g/mol. The van der Waals surface area contributed by atoms with Gasteiger partial charge in [0.05, 0.1) is 0 Å². The summed E-state index contributed by atoms with van der Waals surface area (Å²) in [5.41, 5.74) is 1.38. The lowest BCUT2D eigenvalue weighted by molar-refractivity contribution is 0.356. The Morgan fingerprint density at radius 3 is 2.79 bits per heavy atom. The third-order valence-corrected chi connectivity index (χ3v) is 3.30. The van der Waals surface area contributed by atoms with Crippen LogP contribution >= 0.6 is 11.6 Å². The maximum absolute atomic E-state index is 5.91. The molecule has 0 amide bonds. The third-order valence-electron chi connectivity index (χ3n) is 3.08. The fourth-order valence-corrected chi connectivity index (χ4v) is 2.54. The predicted octanol–water partition coefficient (Wildman–Crippen LogP) is 4.26. The molecule has 1 aromatic carbocycles. The van der Waals surface area contributed by atoms with E-state index in [1.807, 2.05) is 6.07 Å². The molecule has 0 bridgehead atoms. The van der Waals surface area contributed by atoms with Crippen LogP contribution in [0.5, 0.6) is 0 Å². The van der Waals surface area contributed by atoms with Gasteiger partial charge in [0, 0.05) is 11.1 Å². The minimum atomic E-state index is 0.748. The maximum Gasteiger partial charge on any atom is 0.0487 e. The molecular formula is C13H16Cl. The summed E-state index contributed by atoms with van der Waals surface area (Å²) in [6.45, 7) is 0. The van der Waals surface area contributed by atoms with Gasteiger partial charge in [0.2, 0.25) is 0 Å². The van der Waals surface area contributed by atoms with E-state index in [1.165, 1.54) is 44.1 Å². The normalized spacial score (nSPS) is 18.4. The molecule has 75 valence electrons. The molecule has 0 aliphatic heterocycles. The van der Waals surface area contributed by atoms with Crippen molar-refractivity contribution in [3.63, 3.8) is 0 Å². The molecule has 1 saturated carbocycles. The Labute approximate surface area is 91.3 Å². The quantitative estimate of drug-likeness (QED) is 0.680. The lowest BCUT2D eigenvalue weighted by Crippen LogP contribution is -2.09. The fraction of sp³-hybridized carbons (Fsp3) is 0.538. The van der Waals surface area contributed by atoms with Gasteiger partial charge in [0.1, 0.15) is 0 Å². The van der Waals surface area contributed by atoms with Gasteiger partial charge >= 0.3 is 0 Å². The van der Waals surface area contributed by atoms with Crippen molar-refractivity contribution in [2.75, 3.05) is 0 Å². The molecule has 0 nitrogen and oxygen atoms in total. The zero-order valence-electron chi connectivity index (χ0n) is 8.43. The molecule has 0 atom stereocenters. The summed E-state index contributed by atoms with van der Waals surface area (Å²) >= 11 is 5.91. The standard InChI is InChI=1S/C13H16Cl/c14-13-8-4-7-12(10-13)9-11-5-2-1-3-6-11/h4,7,10-11H,1-3,5-6,9H2. The van der Waals surface area contributed by atoms with Gasteiger partial charge in [0.15, 0.2) is 0 Å². The molecule has 0 N–H and O–H groups in total. The van der Waals surface area contributed by atoms with Crippen LogP contribution in [-0.4, -0.2) is 0 Å². The molecule has 1 aliphatic carbocycles. The zero-order chi connectivity index (χ0) is 9.80. The van der Waals surface area contributed by atoms with E-state index >= 15 is 0 Å². The second-order valence-electron chi connectivity index (χ2n) is 4.25. The number of hydrogen-bond donors (Lipinski definition) is 0. The van der Waals surface area contributed by atoms with Crippen molar-refractivity contribution < 1.29 is 0 Å².